The molecule has 2 aromatic rings. The minimum atomic E-state index is -4.35. The molecular formula is C13H10ClF3N2. The van der Waals surface area contributed by atoms with Crippen molar-refractivity contribution in [3.8, 4) is 0 Å². The monoisotopic (exact) mass is 286 g/mol. The Bertz CT molecular complexity index is 576. The third-order valence-electron chi connectivity index (χ3n) is 2.74. The first-order valence-corrected chi connectivity index (χ1v) is 5.88. The third-order valence-corrected chi connectivity index (χ3v) is 3.07. The molecule has 0 aliphatic carbocycles. The van der Waals surface area contributed by atoms with Crippen LogP contribution in [-0.4, -0.2) is 9.97 Å². The van der Waals surface area contributed by atoms with Crippen molar-refractivity contribution >= 4 is 11.6 Å². The maximum Gasteiger partial charge on any atom is 0.416 e. The van der Waals surface area contributed by atoms with Crippen LogP contribution >= 0.6 is 11.6 Å². The lowest BCUT2D eigenvalue weighted by atomic mass is 10.0. The minimum Gasteiger partial charge on any atom is -0.241 e. The Labute approximate surface area is 113 Å². The predicted molar refractivity (Wildman–Crippen MR) is 66.0 cm³/mol. The van der Waals surface area contributed by atoms with E-state index in [9.17, 15) is 13.2 Å². The fourth-order valence-electron chi connectivity index (χ4n) is 1.73. The summed E-state index contributed by atoms with van der Waals surface area (Å²) in [6, 6.07) is 5.16. The van der Waals surface area contributed by atoms with Gasteiger partial charge < -0.3 is 0 Å². The maximum absolute atomic E-state index is 12.6. The van der Waals surface area contributed by atoms with Crippen LogP contribution in [0, 0.1) is 6.92 Å². The standard InChI is InChI=1S/C13H10ClF3N2/c1-8-11(12(14)19-7-18-8)6-9-3-2-4-10(5-9)13(15,16)17/h2-5,7H,6H2,1H3. The van der Waals surface area contributed by atoms with E-state index in [4.69, 9.17) is 11.6 Å². The van der Waals surface area contributed by atoms with Crippen LogP contribution in [0.2, 0.25) is 5.15 Å². The minimum absolute atomic E-state index is 0.268. The topological polar surface area (TPSA) is 25.8 Å². The SMILES string of the molecule is Cc1ncnc(Cl)c1Cc1cccc(C(F)(F)F)c1. The predicted octanol–water partition coefficient (Wildman–Crippen LogP) is 4.05. The van der Waals surface area contributed by atoms with Crippen molar-refractivity contribution in [2.24, 2.45) is 0 Å². The summed E-state index contributed by atoms with van der Waals surface area (Å²) in [5.74, 6) is 0. The summed E-state index contributed by atoms with van der Waals surface area (Å²) >= 11 is 5.94. The van der Waals surface area contributed by atoms with E-state index in [1.807, 2.05) is 0 Å². The molecule has 0 unspecified atom stereocenters. The Morgan fingerprint density at radius 1 is 1.21 bits per heavy atom. The number of nitrogens with zero attached hydrogens (tertiary/aromatic N) is 2. The van der Waals surface area contributed by atoms with Crippen LogP contribution in [0.3, 0.4) is 0 Å². The van der Waals surface area contributed by atoms with E-state index in [0.717, 1.165) is 12.1 Å². The summed E-state index contributed by atoms with van der Waals surface area (Å²) in [6.45, 7) is 1.75. The van der Waals surface area contributed by atoms with Gasteiger partial charge in [0, 0.05) is 17.7 Å². The van der Waals surface area contributed by atoms with E-state index in [1.165, 1.54) is 12.4 Å². The number of alkyl halides is 3. The molecule has 2 rings (SSSR count). The Balaban J connectivity index is 2.34. The summed E-state index contributed by atoms with van der Waals surface area (Å²) in [7, 11) is 0. The Kier molecular flexibility index (Phi) is 3.75. The molecule has 1 heterocycles. The van der Waals surface area contributed by atoms with Crippen LogP contribution < -0.4 is 0 Å². The zero-order valence-electron chi connectivity index (χ0n) is 10.0. The van der Waals surface area contributed by atoms with Gasteiger partial charge in [-0.15, -0.1) is 0 Å². The van der Waals surface area contributed by atoms with E-state index < -0.39 is 11.7 Å². The van der Waals surface area contributed by atoms with Gasteiger partial charge in [0.25, 0.3) is 0 Å². The number of benzene rings is 1. The zero-order chi connectivity index (χ0) is 14.0. The molecule has 0 atom stereocenters. The quantitative estimate of drug-likeness (QED) is 0.779. The summed E-state index contributed by atoms with van der Waals surface area (Å²) in [5, 5.41) is 0.268. The van der Waals surface area contributed by atoms with Gasteiger partial charge in [0.05, 0.1) is 5.56 Å². The molecule has 0 bridgehead atoms. The van der Waals surface area contributed by atoms with Gasteiger partial charge in [-0.2, -0.15) is 13.2 Å². The summed E-state index contributed by atoms with van der Waals surface area (Å²) in [6.07, 6.45) is -2.75. The lowest BCUT2D eigenvalue weighted by Gasteiger charge is -2.10. The van der Waals surface area contributed by atoms with Gasteiger partial charge >= 0.3 is 6.18 Å². The van der Waals surface area contributed by atoms with Crippen molar-refractivity contribution in [2.45, 2.75) is 19.5 Å². The lowest BCUT2D eigenvalue weighted by Crippen LogP contribution is -2.06. The van der Waals surface area contributed by atoms with Crippen molar-refractivity contribution in [3.05, 3.63) is 58.1 Å². The van der Waals surface area contributed by atoms with E-state index >= 15 is 0 Å². The molecule has 0 spiro atoms. The number of rotatable bonds is 2. The number of aryl methyl sites for hydroxylation is 1. The Morgan fingerprint density at radius 2 is 1.95 bits per heavy atom. The molecule has 0 saturated carbocycles. The Hall–Kier alpha value is -1.62. The first kappa shape index (κ1) is 13.8. The molecule has 0 amide bonds. The van der Waals surface area contributed by atoms with Crippen molar-refractivity contribution in [3.63, 3.8) is 0 Å². The van der Waals surface area contributed by atoms with Crippen LogP contribution in [0.25, 0.3) is 0 Å². The summed E-state index contributed by atoms with van der Waals surface area (Å²) in [5.41, 5.74) is 1.16. The van der Waals surface area contributed by atoms with E-state index in [0.29, 0.717) is 16.8 Å². The highest BCUT2D eigenvalue weighted by molar-refractivity contribution is 6.30. The fraction of sp³-hybridized carbons (Fsp3) is 0.231. The number of hydrogen-bond donors (Lipinski definition) is 0. The van der Waals surface area contributed by atoms with E-state index in [2.05, 4.69) is 9.97 Å². The van der Waals surface area contributed by atoms with Gasteiger partial charge in [0.15, 0.2) is 0 Å². The number of aromatic nitrogens is 2. The van der Waals surface area contributed by atoms with Crippen LogP contribution in [0.5, 0.6) is 0 Å². The maximum atomic E-state index is 12.6. The highest BCUT2D eigenvalue weighted by Crippen LogP contribution is 2.30. The number of halogens is 4. The second kappa shape index (κ2) is 5.17. The average Bonchev–Trinajstić information content (AvgIpc) is 2.33. The fourth-order valence-corrected chi connectivity index (χ4v) is 1.98. The largest absolute Gasteiger partial charge is 0.416 e. The zero-order valence-corrected chi connectivity index (χ0v) is 10.8. The van der Waals surface area contributed by atoms with Gasteiger partial charge in [0.1, 0.15) is 11.5 Å². The van der Waals surface area contributed by atoms with Gasteiger partial charge in [-0.3, -0.25) is 0 Å². The second-order valence-electron chi connectivity index (χ2n) is 4.10. The molecule has 1 aromatic heterocycles. The molecule has 100 valence electrons. The number of hydrogen-bond acceptors (Lipinski definition) is 2. The summed E-state index contributed by atoms with van der Waals surface area (Å²) < 4.78 is 37.8. The summed E-state index contributed by atoms with van der Waals surface area (Å²) in [4.78, 5) is 7.83. The second-order valence-corrected chi connectivity index (χ2v) is 4.46. The molecule has 0 radical (unpaired) electrons. The molecule has 0 N–H and O–H groups in total. The van der Waals surface area contributed by atoms with E-state index in [-0.39, 0.29) is 11.6 Å². The first-order chi connectivity index (χ1) is 8.88. The lowest BCUT2D eigenvalue weighted by molar-refractivity contribution is -0.137. The van der Waals surface area contributed by atoms with Crippen molar-refractivity contribution in [2.75, 3.05) is 0 Å². The molecule has 0 saturated heterocycles. The third kappa shape index (κ3) is 3.23. The van der Waals surface area contributed by atoms with Gasteiger partial charge in [0.2, 0.25) is 0 Å². The van der Waals surface area contributed by atoms with Crippen molar-refractivity contribution in [1.29, 1.82) is 0 Å². The van der Waals surface area contributed by atoms with Gasteiger partial charge in [-0.05, 0) is 18.6 Å². The molecule has 2 nitrogen and oxygen atoms in total. The molecular weight excluding hydrogens is 277 g/mol. The molecule has 0 fully saturated rings. The van der Waals surface area contributed by atoms with Crippen LogP contribution in [-0.2, 0) is 12.6 Å². The molecule has 0 aliphatic heterocycles. The molecule has 1 aromatic carbocycles. The Morgan fingerprint density at radius 3 is 2.58 bits per heavy atom. The highest BCUT2D eigenvalue weighted by atomic mass is 35.5. The molecule has 0 aliphatic rings. The first-order valence-electron chi connectivity index (χ1n) is 5.50. The van der Waals surface area contributed by atoms with Crippen molar-refractivity contribution in [1.82, 2.24) is 9.97 Å². The van der Waals surface area contributed by atoms with Gasteiger partial charge in [-0.1, -0.05) is 29.8 Å². The van der Waals surface area contributed by atoms with Crippen LogP contribution in [0.1, 0.15) is 22.4 Å². The smallest absolute Gasteiger partial charge is 0.241 e. The van der Waals surface area contributed by atoms with Crippen LogP contribution in [0.4, 0.5) is 13.2 Å². The average molecular weight is 287 g/mol. The molecule has 19 heavy (non-hydrogen) atoms. The van der Waals surface area contributed by atoms with E-state index in [1.54, 1.807) is 13.0 Å². The van der Waals surface area contributed by atoms with Crippen molar-refractivity contribution < 1.29 is 13.2 Å². The van der Waals surface area contributed by atoms with Crippen LogP contribution in [0.15, 0.2) is 30.6 Å². The highest BCUT2D eigenvalue weighted by Gasteiger charge is 2.30. The normalized spacial score (nSPS) is 11.6. The van der Waals surface area contributed by atoms with Gasteiger partial charge in [-0.25, -0.2) is 9.97 Å². The molecule has 6 heteroatoms.